The molecule has 2 N–H and O–H groups in total. The fourth-order valence-corrected chi connectivity index (χ4v) is 3.13. The lowest BCUT2D eigenvalue weighted by Crippen LogP contribution is -2.16. The number of Topliss-reactive ketones (excluding diaryl/α,β-unsaturated/α-hetero) is 1. The molecule has 6 nitrogen and oxygen atoms in total. The smallest absolute Gasteiger partial charge is 0.313 e. The predicted molar refractivity (Wildman–Crippen MR) is 91.6 cm³/mol. The quantitative estimate of drug-likeness (QED) is 0.775. The summed E-state index contributed by atoms with van der Waals surface area (Å²) in [6.45, 7) is 0. The topological polar surface area (TPSA) is 95.7 Å². The third-order valence-corrected chi connectivity index (χ3v) is 4.34. The molecular formula is C17H13ClFNO5S. The first kappa shape index (κ1) is 14.6. The number of ketones is 1. The molecule has 1 heterocycles. The van der Waals surface area contributed by atoms with Gasteiger partial charge < -0.3 is 14.7 Å². The lowest BCUT2D eigenvalue weighted by molar-refractivity contribution is -0.123. The summed E-state index contributed by atoms with van der Waals surface area (Å²) in [5.74, 6) is -4.48. The van der Waals surface area contributed by atoms with Crippen LogP contribution in [0.15, 0.2) is 60.2 Å². The van der Waals surface area contributed by atoms with Crippen molar-refractivity contribution in [2.75, 3.05) is 0 Å². The first-order valence-corrected chi connectivity index (χ1v) is 8.87. The third-order valence-electron chi connectivity index (χ3n) is 3.23. The van der Waals surface area contributed by atoms with E-state index < -0.39 is 50.7 Å². The number of hydrogen-bond acceptors (Lipinski definition) is 6. The molecular weight excluding hydrogens is 385 g/mol. The average molecular weight is 401 g/mol. The number of carbonyl (C=O) groups excluding carboxylic acids is 1. The van der Waals surface area contributed by atoms with Gasteiger partial charge in [0, 0.05) is 10.6 Å². The van der Waals surface area contributed by atoms with Crippen molar-refractivity contribution in [2.24, 2.45) is 5.73 Å². The average Bonchev–Trinajstić information content (AvgIpc) is 2.85. The molecule has 0 bridgehead atoms. The second-order valence-corrected chi connectivity index (χ2v) is 6.80. The summed E-state index contributed by atoms with van der Waals surface area (Å²) in [5, 5.41) is -0.00339. The molecule has 1 atom stereocenters. The van der Waals surface area contributed by atoms with Crippen LogP contribution in [0.4, 0.5) is 4.39 Å². The Bertz CT molecular complexity index is 1130. The molecule has 0 amide bonds. The van der Waals surface area contributed by atoms with Crippen LogP contribution in [0, 0.1) is 5.82 Å². The summed E-state index contributed by atoms with van der Waals surface area (Å²) in [7, 11) is -5.11. The van der Waals surface area contributed by atoms with Crippen molar-refractivity contribution in [3.05, 3.63) is 82.1 Å². The van der Waals surface area contributed by atoms with Gasteiger partial charge in [0.1, 0.15) is 11.5 Å². The van der Waals surface area contributed by atoms with E-state index in [0.717, 1.165) is 12.1 Å². The van der Waals surface area contributed by atoms with Crippen LogP contribution in [0.5, 0.6) is 0 Å². The monoisotopic (exact) mass is 400 g/mol. The van der Waals surface area contributed by atoms with Gasteiger partial charge in [-0.05, 0) is 17.7 Å². The Morgan fingerprint density at radius 1 is 1.31 bits per heavy atom. The van der Waals surface area contributed by atoms with Crippen LogP contribution in [0.1, 0.15) is 21.3 Å². The highest BCUT2D eigenvalue weighted by Crippen LogP contribution is 2.34. The van der Waals surface area contributed by atoms with Gasteiger partial charge in [-0.15, -0.1) is 0 Å². The fourth-order valence-electron chi connectivity index (χ4n) is 2.13. The minimum atomic E-state index is -5.11. The minimum Gasteiger partial charge on any atom is -0.460 e. The molecule has 1 aliphatic heterocycles. The molecule has 136 valence electrons. The Morgan fingerprint density at radius 3 is 2.65 bits per heavy atom. The van der Waals surface area contributed by atoms with Gasteiger partial charge in [0.2, 0.25) is 17.4 Å². The van der Waals surface area contributed by atoms with Crippen LogP contribution in [0.2, 0.25) is 5.02 Å². The molecule has 2 aromatic rings. The Morgan fingerprint density at radius 2 is 2.00 bits per heavy atom. The highest BCUT2D eigenvalue weighted by atomic mass is 35.5. The number of nitrogens with two attached hydrogens (primary N) is 1. The van der Waals surface area contributed by atoms with Crippen LogP contribution in [0.3, 0.4) is 0 Å². The van der Waals surface area contributed by atoms with Crippen LogP contribution in [0.25, 0.3) is 0 Å². The lowest BCUT2D eigenvalue weighted by atomic mass is 10.1. The molecule has 1 unspecified atom stereocenters. The first-order valence-electron chi connectivity index (χ1n) is 8.59. The molecule has 0 aliphatic carbocycles. The van der Waals surface area contributed by atoms with Crippen molar-refractivity contribution in [1.82, 2.24) is 0 Å². The van der Waals surface area contributed by atoms with Crippen molar-refractivity contribution >= 4 is 27.5 Å². The van der Waals surface area contributed by atoms with Crippen LogP contribution < -0.4 is 5.73 Å². The lowest BCUT2D eigenvalue weighted by Gasteiger charge is -2.11. The van der Waals surface area contributed by atoms with Gasteiger partial charge in [0.05, 0.1) is 4.11 Å². The van der Waals surface area contributed by atoms with Crippen LogP contribution in [-0.2, 0) is 29.5 Å². The molecule has 9 heteroatoms. The molecule has 1 aliphatic rings. The normalized spacial score (nSPS) is 22.4. The SMILES string of the molecule is [2H]C1(c2ccc(Cl)cc2F)OC(N)=C(OS(=O)(=O)C([2H])([2H])c2ccccc2)C1=O. The third kappa shape index (κ3) is 3.81. The highest BCUT2D eigenvalue weighted by molar-refractivity contribution is 7.86. The summed E-state index contributed by atoms with van der Waals surface area (Å²) >= 11 is 5.65. The summed E-state index contributed by atoms with van der Waals surface area (Å²) in [6, 6.07) is 9.85. The Hall–Kier alpha value is -2.58. The van der Waals surface area contributed by atoms with E-state index >= 15 is 0 Å². The maximum atomic E-state index is 14.2. The van der Waals surface area contributed by atoms with Crippen molar-refractivity contribution in [2.45, 2.75) is 11.8 Å². The number of benzene rings is 2. The number of hydrogen-bond donors (Lipinski definition) is 1. The van der Waals surface area contributed by atoms with Crippen molar-refractivity contribution in [3.8, 4) is 0 Å². The summed E-state index contributed by atoms with van der Waals surface area (Å²) in [5.41, 5.74) is 1.62. The van der Waals surface area contributed by atoms with Crippen molar-refractivity contribution < 1.29 is 30.6 Å². The van der Waals surface area contributed by atoms with E-state index in [0.29, 0.717) is 0 Å². The standard InChI is InChI=1S/C17H13ClFNO5S/c18-11-6-7-12(13(19)8-11)15-14(21)16(17(20)24-15)25-26(22,23)9-10-4-2-1-3-5-10/h1-8,15H,9,20H2/i9D2,15D. The summed E-state index contributed by atoms with van der Waals surface area (Å²) < 4.78 is 72.8. The van der Waals surface area contributed by atoms with Crippen LogP contribution >= 0.6 is 11.6 Å². The maximum Gasteiger partial charge on any atom is 0.313 e. The van der Waals surface area contributed by atoms with E-state index in [1.807, 2.05) is 0 Å². The number of halogens is 2. The van der Waals surface area contributed by atoms with E-state index in [-0.39, 0.29) is 10.6 Å². The summed E-state index contributed by atoms with van der Waals surface area (Å²) in [6.07, 6.45) is -2.76. The number of carbonyl (C=O) groups is 1. The minimum absolute atomic E-state index is 0.00339. The highest BCUT2D eigenvalue weighted by Gasteiger charge is 2.40. The molecule has 0 radical (unpaired) electrons. The fraction of sp³-hybridized carbons (Fsp3) is 0.118. The van der Waals surface area contributed by atoms with E-state index in [2.05, 4.69) is 4.18 Å². The largest absolute Gasteiger partial charge is 0.460 e. The Kier molecular flexibility index (Phi) is 3.91. The van der Waals surface area contributed by atoms with Crippen molar-refractivity contribution in [3.63, 3.8) is 0 Å². The van der Waals surface area contributed by atoms with Gasteiger partial charge in [-0.2, -0.15) is 8.42 Å². The maximum absolute atomic E-state index is 14.2. The molecule has 26 heavy (non-hydrogen) atoms. The first-order chi connectivity index (χ1) is 13.4. The number of rotatable bonds is 5. The molecule has 0 saturated heterocycles. The molecule has 2 aromatic carbocycles. The molecule has 0 fully saturated rings. The molecule has 0 aromatic heterocycles. The second-order valence-electron chi connectivity index (χ2n) is 5.08. The van der Waals surface area contributed by atoms with Crippen molar-refractivity contribution in [1.29, 1.82) is 0 Å². The molecule has 0 saturated carbocycles. The van der Waals surface area contributed by atoms with E-state index in [9.17, 15) is 17.6 Å². The molecule has 3 rings (SSSR count). The van der Waals surface area contributed by atoms with E-state index in [1.54, 1.807) is 6.07 Å². The Balaban J connectivity index is 1.96. The second kappa shape index (κ2) is 6.97. The van der Waals surface area contributed by atoms with E-state index in [4.69, 9.17) is 26.2 Å². The van der Waals surface area contributed by atoms with Gasteiger partial charge in [0.25, 0.3) is 0 Å². The van der Waals surface area contributed by atoms with Gasteiger partial charge >= 0.3 is 10.1 Å². The van der Waals surface area contributed by atoms with Crippen LogP contribution in [-0.4, -0.2) is 14.2 Å². The van der Waals surface area contributed by atoms with Gasteiger partial charge in [-0.3, -0.25) is 4.79 Å². The zero-order valence-corrected chi connectivity index (χ0v) is 14.5. The molecule has 0 spiro atoms. The predicted octanol–water partition coefficient (Wildman–Crippen LogP) is 2.79. The van der Waals surface area contributed by atoms with Gasteiger partial charge in [-0.25, -0.2) is 4.39 Å². The zero-order chi connectivity index (χ0) is 21.6. The van der Waals surface area contributed by atoms with Gasteiger partial charge in [-0.1, -0.05) is 48.0 Å². The zero-order valence-electron chi connectivity index (χ0n) is 15.9. The summed E-state index contributed by atoms with van der Waals surface area (Å²) in [4.78, 5) is 12.7. The van der Waals surface area contributed by atoms with E-state index in [1.165, 1.54) is 30.3 Å². The Labute approximate surface area is 158 Å². The number of ether oxygens (including phenoxy) is 1. The van der Waals surface area contributed by atoms with Gasteiger partial charge in [0.15, 0.2) is 6.08 Å².